The second kappa shape index (κ2) is 4.43. The van der Waals surface area contributed by atoms with Gasteiger partial charge >= 0.3 is 0 Å². The van der Waals surface area contributed by atoms with Gasteiger partial charge in [-0.05, 0) is 37.1 Å². The Morgan fingerprint density at radius 3 is 2.77 bits per heavy atom. The van der Waals surface area contributed by atoms with Crippen LogP contribution < -0.4 is 0 Å². The maximum absolute atomic E-state index is 12.9. The summed E-state index contributed by atoms with van der Waals surface area (Å²) in [6.45, 7) is 3.70. The van der Waals surface area contributed by atoms with Gasteiger partial charge in [0.2, 0.25) is 0 Å². The predicted molar refractivity (Wildman–Crippen MR) is 55.5 cm³/mol. The van der Waals surface area contributed by atoms with E-state index in [2.05, 4.69) is 0 Å². The van der Waals surface area contributed by atoms with Gasteiger partial charge in [0.15, 0.2) is 0 Å². The molecular formula is C11H12ClF. The quantitative estimate of drug-likeness (QED) is 0.635. The Bertz CT molecular complexity index is 329. The van der Waals surface area contributed by atoms with Crippen LogP contribution in [-0.4, -0.2) is 5.88 Å². The van der Waals surface area contributed by atoms with Crippen LogP contribution in [0, 0.1) is 12.7 Å². The second-order valence-electron chi connectivity index (χ2n) is 3.13. The molecule has 0 N–H and O–H groups in total. The van der Waals surface area contributed by atoms with Gasteiger partial charge in [-0.15, -0.1) is 11.6 Å². The standard InChI is InChI=1S/C11H12ClF/c1-8(7-12)5-10-3-4-11(13)9(2)6-10/h3-6H,7H2,1-2H3. The van der Waals surface area contributed by atoms with Crippen molar-refractivity contribution in [3.05, 3.63) is 40.7 Å². The van der Waals surface area contributed by atoms with E-state index < -0.39 is 0 Å². The van der Waals surface area contributed by atoms with Crippen molar-refractivity contribution in [2.45, 2.75) is 13.8 Å². The van der Waals surface area contributed by atoms with Crippen molar-refractivity contribution in [2.24, 2.45) is 0 Å². The van der Waals surface area contributed by atoms with Gasteiger partial charge in [0.05, 0.1) is 0 Å². The highest BCUT2D eigenvalue weighted by atomic mass is 35.5. The molecule has 1 aromatic carbocycles. The first kappa shape index (κ1) is 10.3. The maximum atomic E-state index is 12.9. The Morgan fingerprint density at radius 1 is 1.54 bits per heavy atom. The molecule has 0 aromatic heterocycles. The van der Waals surface area contributed by atoms with E-state index in [9.17, 15) is 4.39 Å². The molecule has 0 bridgehead atoms. The van der Waals surface area contributed by atoms with E-state index >= 15 is 0 Å². The molecule has 2 heteroatoms. The SMILES string of the molecule is CC(=Cc1ccc(F)c(C)c1)CCl. The number of rotatable bonds is 2. The van der Waals surface area contributed by atoms with E-state index in [-0.39, 0.29) is 5.82 Å². The van der Waals surface area contributed by atoms with Gasteiger partial charge < -0.3 is 0 Å². The summed E-state index contributed by atoms with van der Waals surface area (Å²) in [5.41, 5.74) is 2.74. The Labute approximate surface area is 83.0 Å². The Kier molecular flexibility index (Phi) is 3.49. The first-order valence-electron chi connectivity index (χ1n) is 4.13. The van der Waals surface area contributed by atoms with Crippen molar-refractivity contribution in [1.82, 2.24) is 0 Å². The largest absolute Gasteiger partial charge is 0.207 e. The van der Waals surface area contributed by atoms with Crippen LogP contribution in [0.5, 0.6) is 0 Å². The minimum Gasteiger partial charge on any atom is -0.207 e. The fourth-order valence-corrected chi connectivity index (χ4v) is 1.16. The molecule has 0 nitrogen and oxygen atoms in total. The minimum atomic E-state index is -0.166. The van der Waals surface area contributed by atoms with Crippen LogP contribution >= 0.6 is 11.6 Å². The third-order valence-corrected chi connectivity index (χ3v) is 2.23. The Hall–Kier alpha value is -0.820. The lowest BCUT2D eigenvalue weighted by atomic mass is 10.1. The average molecular weight is 199 g/mol. The molecule has 0 aliphatic rings. The molecule has 0 saturated heterocycles. The molecule has 70 valence electrons. The van der Waals surface area contributed by atoms with Crippen molar-refractivity contribution in [3.63, 3.8) is 0 Å². The zero-order valence-corrected chi connectivity index (χ0v) is 8.53. The number of halogens is 2. The number of alkyl halides is 1. The maximum Gasteiger partial charge on any atom is 0.126 e. The summed E-state index contributed by atoms with van der Waals surface area (Å²) in [7, 11) is 0. The molecule has 0 heterocycles. The number of hydrogen-bond acceptors (Lipinski definition) is 0. The number of aryl methyl sites for hydroxylation is 1. The molecule has 13 heavy (non-hydrogen) atoms. The lowest BCUT2D eigenvalue weighted by Gasteiger charge is -1.99. The van der Waals surface area contributed by atoms with Gasteiger partial charge in [0.25, 0.3) is 0 Å². The van der Waals surface area contributed by atoms with Crippen LogP contribution in [0.25, 0.3) is 6.08 Å². The smallest absolute Gasteiger partial charge is 0.126 e. The van der Waals surface area contributed by atoms with E-state index in [1.165, 1.54) is 6.07 Å². The summed E-state index contributed by atoms with van der Waals surface area (Å²) >= 11 is 5.63. The molecule has 0 unspecified atom stereocenters. The zero-order chi connectivity index (χ0) is 9.84. The van der Waals surface area contributed by atoms with E-state index in [4.69, 9.17) is 11.6 Å². The van der Waals surface area contributed by atoms with Crippen molar-refractivity contribution in [2.75, 3.05) is 5.88 Å². The lowest BCUT2D eigenvalue weighted by molar-refractivity contribution is 0.618. The van der Waals surface area contributed by atoms with Gasteiger partial charge in [-0.2, -0.15) is 0 Å². The molecule has 0 fully saturated rings. The van der Waals surface area contributed by atoms with Gasteiger partial charge in [-0.25, -0.2) is 4.39 Å². The summed E-state index contributed by atoms with van der Waals surface area (Å²) < 4.78 is 12.9. The van der Waals surface area contributed by atoms with Crippen LogP contribution in [0.1, 0.15) is 18.1 Å². The highest BCUT2D eigenvalue weighted by Gasteiger charge is 1.96. The Balaban J connectivity index is 2.98. The highest BCUT2D eigenvalue weighted by Crippen LogP contribution is 2.12. The lowest BCUT2D eigenvalue weighted by Crippen LogP contribution is -1.84. The van der Waals surface area contributed by atoms with E-state index in [0.717, 1.165) is 11.1 Å². The van der Waals surface area contributed by atoms with Gasteiger partial charge in [0, 0.05) is 5.88 Å². The van der Waals surface area contributed by atoms with E-state index in [1.807, 2.05) is 19.1 Å². The summed E-state index contributed by atoms with van der Waals surface area (Å²) in [4.78, 5) is 0. The Morgan fingerprint density at radius 2 is 2.23 bits per heavy atom. The molecule has 0 radical (unpaired) electrons. The van der Waals surface area contributed by atoms with Crippen LogP contribution in [0.15, 0.2) is 23.8 Å². The molecule has 0 aliphatic carbocycles. The topological polar surface area (TPSA) is 0 Å². The molecule has 0 spiro atoms. The molecule has 0 saturated carbocycles. The molecule has 0 atom stereocenters. The zero-order valence-electron chi connectivity index (χ0n) is 7.77. The third-order valence-electron chi connectivity index (χ3n) is 1.81. The van der Waals surface area contributed by atoms with Crippen molar-refractivity contribution >= 4 is 17.7 Å². The van der Waals surface area contributed by atoms with Crippen LogP contribution in [0.3, 0.4) is 0 Å². The summed E-state index contributed by atoms with van der Waals surface area (Å²) in [6.07, 6.45) is 1.96. The minimum absolute atomic E-state index is 0.166. The number of allylic oxidation sites excluding steroid dienone is 1. The van der Waals surface area contributed by atoms with Crippen LogP contribution in [0.2, 0.25) is 0 Å². The summed E-state index contributed by atoms with van der Waals surface area (Å²) in [5.74, 6) is 0.344. The van der Waals surface area contributed by atoms with Gasteiger partial charge in [0.1, 0.15) is 5.82 Å². The van der Waals surface area contributed by atoms with Gasteiger partial charge in [-0.3, -0.25) is 0 Å². The first-order valence-corrected chi connectivity index (χ1v) is 4.66. The summed E-state index contributed by atoms with van der Waals surface area (Å²) in [6, 6.07) is 5.03. The first-order chi connectivity index (χ1) is 6.13. The molecule has 1 aromatic rings. The number of benzene rings is 1. The molecule has 0 aliphatic heterocycles. The normalized spacial score (nSPS) is 11.8. The average Bonchev–Trinajstić information content (AvgIpc) is 2.11. The number of hydrogen-bond donors (Lipinski definition) is 0. The fraction of sp³-hybridized carbons (Fsp3) is 0.273. The van der Waals surface area contributed by atoms with Crippen molar-refractivity contribution in [1.29, 1.82) is 0 Å². The molecule has 0 amide bonds. The van der Waals surface area contributed by atoms with Gasteiger partial charge in [-0.1, -0.05) is 17.7 Å². The highest BCUT2D eigenvalue weighted by molar-refractivity contribution is 6.19. The molecule has 1 rings (SSSR count). The van der Waals surface area contributed by atoms with Crippen LogP contribution in [0.4, 0.5) is 4.39 Å². The fourth-order valence-electron chi connectivity index (χ4n) is 1.08. The van der Waals surface area contributed by atoms with Crippen molar-refractivity contribution < 1.29 is 4.39 Å². The van der Waals surface area contributed by atoms with Crippen molar-refractivity contribution in [3.8, 4) is 0 Å². The monoisotopic (exact) mass is 198 g/mol. The van der Waals surface area contributed by atoms with E-state index in [0.29, 0.717) is 11.4 Å². The van der Waals surface area contributed by atoms with E-state index in [1.54, 1.807) is 13.0 Å². The van der Waals surface area contributed by atoms with Crippen LogP contribution in [-0.2, 0) is 0 Å². The second-order valence-corrected chi connectivity index (χ2v) is 3.40. The predicted octanol–water partition coefficient (Wildman–Crippen LogP) is 3.78. The summed E-state index contributed by atoms with van der Waals surface area (Å²) in [5, 5.41) is 0. The molecular weight excluding hydrogens is 187 g/mol. The third kappa shape index (κ3) is 2.85.